The zero-order chi connectivity index (χ0) is 27.6. The maximum Gasteiger partial charge on any atom is 0.303 e. The Hall–Kier alpha value is -4.71. The molecule has 0 saturated carbocycles. The Bertz CT molecular complexity index is 1410. The number of nitrogens with one attached hydrogen (secondary N) is 2. The number of rotatable bonds is 12. The number of benzene rings is 4. The van der Waals surface area contributed by atoms with Gasteiger partial charge in [0.25, 0.3) is 0 Å². The Balaban J connectivity index is 1.45. The molecule has 0 saturated heterocycles. The van der Waals surface area contributed by atoms with Crippen molar-refractivity contribution >= 4 is 29.0 Å². The minimum atomic E-state index is -0.910. The molecule has 0 aliphatic carbocycles. The maximum atomic E-state index is 13.4. The van der Waals surface area contributed by atoms with Gasteiger partial charge in [0.05, 0.1) is 0 Å². The maximum absolute atomic E-state index is 13.4. The van der Waals surface area contributed by atoms with E-state index in [1.807, 2.05) is 66.7 Å². The van der Waals surface area contributed by atoms with Crippen molar-refractivity contribution in [2.45, 2.75) is 38.6 Å². The van der Waals surface area contributed by atoms with Crippen LogP contribution in [0.25, 0.3) is 11.1 Å². The van der Waals surface area contributed by atoms with Gasteiger partial charge in [-0.2, -0.15) is 0 Å². The number of aryl methyl sites for hydroxylation is 1. The van der Waals surface area contributed by atoms with Crippen molar-refractivity contribution in [3.8, 4) is 11.1 Å². The Labute approximate surface area is 228 Å². The normalized spacial score (nSPS) is 11.4. The second-order valence-electron chi connectivity index (χ2n) is 9.52. The zero-order valence-corrected chi connectivity index (χ0v) is 21.9. The van der Waals surface area contributed by atoms with Crippen molar-refractivity contribution in [1.82, 2.24) is 0 Å². The highest BCUT2D eigenvalue weighted by Gasteiger charge is 2.20. The van der Waals surface area contributed by atoms with Gasteiger partial charge in [-0.3, -0.25) is 14.4 Å². The van der Waals surface area contributed by atoms with Crippen molar-refractivity contribution in [3.05, 3.63) is 120 Å². The molecule has 0 aliphatic heterocycles. The summed E-state index contributed by atoms with van der Waals surface area (Å²) in [6.45, 7) is 2.08. The molecule has 3 N–H and O–H groups in total. The number of ketones is 1. The molecule has 4 rings (SSSR count). The average Bonchev–Trinajstić information content (AvgIpc) is 2.94. The van der Waals surface area contributed by atoms with Gasteiger partial charge in [0.1, 0.15) is 6.04 Å². The highest BCUT2D eigenvalue weighted by atomic mass is 16.4. The molecule has 0 aliphatic rings. The summed E-state index contributed by atoms with van der Waals surface area (Å²) in [6, 6.07) is 32.2. The number of hydrogen-bond acceptors (Lipinski definition) is 4. The fraction of sp³-hybridized carbons (Fsp3) is 0.182. The summed E-state index contributed by atoms with van der Waals surface area (Å²) in [4.78, 5) is 36.5. The van der Waals surface area contributed by atoms with Crippen LogP contribution in [0.5, 0.6) is 0 Å². The molecule has 0 fully saturated rings. The fourth-order valence-electron chi connectivity index (χ4n) is 4.42. The summed E-state index contributed by atoms with van der Waals surface area (Å²) in [7, 11) is 0. The molecule has 0 radical (unpaired) electrons. The number of carboxylic acid groups (broad SMARTS) is 1. The van der Waals surface area contributed by atoms with Crippen LogP contribution in [0.4, 0.5) is 11.4 Å². The molecule has 0 unspecified atom stereocenters. The number of amides is 1. The van der Waals surface area contributed by atoms with Crippen LogP contribution in [0.3, 0.4) is 0 Å². The lowest BCUT2D eigenvalue weighted by Crippen LogP contribution is -2.36. The average molecular weight is 521 g/mol. The van der Waals surface area contributed by atoms with E-state index in [0.29, 0.717) is 29.8 Å². The van der Waals surface area contributed by atoms with E-state index < -0.39 is 12.0 Å². The van der Waals surface area contributed by atoms with E-state index in [1.165, 1.54) is 5.56 Å². The van der Waals surface area contributed by atoms with Crippen molar-refractivity contribution in [2.75, 3.05) is 10.6 Å². The van der Waals surface area contributed by atoms with Gasteiger partial charge >= 0.3 is 5.97 Å². The molecule has 1 atom stereocenters. The summed E-state index contributed by atoms with van der Waals surface area (Å²) in [6.07, 6.45) is 0.931. The van der Waals surface area contributed by atoms with Crippen molar-refractivity contribution in [1.29, 1.82) is 0 Å². The highest BCUT2D eigenvalue weighted by Crippen LogP contribution is 2.25. The second-order valence-corrected chi connectivity index (χ2v) is 9.52. The van der Waals surface area contributed by atoms with Gasteiger partial charge in [0.15, 0.2) is 5.78 Å². The Morgan fingerprint density at radius 2 is 1.38 bits per heavy atom. The molecular formula is C33H32N2O4. The Morgan fingerprint density at radius 1 is 0.744 bits per heavy atom. The molecule has 0 aromatic heterocycles. The quantitative estimate of drug-likeness (QED) is 0.179. The Kier molecular flexibility index (Phi) is 9.25. The van der Waals surface area contributed by atoms with E-state index >= 15 is 0 Å². The predicted octanol–water partition coefficient (Wildman–Crippen LogP) is 6.76. The summed E-state index contributed by atoms with van der Waals surface area (Å²) in [5.41, 5.74) is 6.39. The SMILES string of the molecule is Cc1ccccc1-c1ccc(NC(=O)[C@H](Cc2ccccc2)Nc2ccc(C(=O)CCCC(=O)O)cc2)cc1. The molecule has 198 valence electrons. The lowest BCUT2D eigenvalue weighted by Gasteiger charge is -2.20. The van der Waals surface area contributed by atoms with Crippen LogP contribution in [0.15, 0.2) is 103 Å². The first-order chi connectivity index (χ1) is 18.9. The number of hydrogen-bond donors (Lipinski definition) is 3. The van der Waals surface area contributed by atoms with E-state index in [-0.39, 0.29) is 24.5 Å². The second kappa shape index (κ2) is 13.2. The summed E-state index contributed by atoms with van der Waals surface area (Å²) in [5.74, 6) is -1.18. The van der Waals surface area contributed by atoms with E-state index in [1.54, 1.807) is 24.3 Å². The van der Waals surface area contributed by atoms with Crippen LogP contribution in [0.2, 0.25) is 0 Å². The minimum Gasteiger partial charge on any atom is -0.481 e. The lowest BCUT2D eigenvalue weighted by atomic mass is 10.0. The molecule has 6 heteroatoms. The molecule has 4 aromatic rings. The zero-order valence-electron chi connectivity index (χ0n) is 21.9. The number of carbonyl (C=O) groups is 3. The molecule has 0 heterocycles. The molecule has 4 aromatic carbocycles. The third-order valence-electron chi connectivity index (χ3n) is 6.55. The van der Waals surface area contributed by atoms with E-state index in [0.717, 1.165) is 16.7 Å². The summed E-state index contributed by atoms with van der Waals surface area (Å²) >= 11 is 0. The third kappa shape index (κ3) is 7.89. The van der Waals surface area contributed by atoms with Crippen LogP contribution in [0, 0.1) is 6.92 Å². The first kappa shape index (κ1) is 27.3. The lowest BCUT2D eigenvalue weighted by molar-refractivity contribution is -0.137. The number of anilines is 2. The van der Waals surface area contributed by atoms with Gasteiger partial charge in [-0.1, -0.05) is 66.7 Å². The monoisotopic (exact) mass is 520 g/mol. The highest BCUT2D eigenvalue weighted by molar-refractivity contribution is 5.98. The van der Waals surface area contributed by atoms with Crippen molar-refractivity contribution in [3.63, 3.8) is 0 Å². The van der Waals surface area contributed by atoms with E-state index in [9.17, 15) is 14.4 Å². The fourth-order valence-corrected chi connectivity index (χ4v) is 4.42. The Morgan fingerprint density at radius 3 is 2.05 bits per heavy atom. The predicted molar refractivity (Wildman–Crippen MR) is 155 cm³/mol. The number of Topliss-reactive ketones (excluding diaryl/α,β-unsaturated/α-hetero) is 1. The van der Waals surface area contributed by atoms with Gasteiger partial charge in [-0.25, -0.2) is 0 Å². The van der Waals surface area contributed by atoms with Crippen LogP contribution in [0.1, 0.15) is 40.7 Å². The van der Waals surface area contributed by atoms with E-state index in [2.05, 4.69) is 29.7 Å². The van der Waals surface area contributed by atoms with Gasteiger partial charge in [-0.05, 0) is 72.0 Å². The van der Waals surface area contributed by atoms with Crippen LogP contribution >= 0.6 is 0 Å². The van der Waals surface area contributed by atoms with Gasteiger partial charge < -0.3 is 15.7 Å². The van der Waals surface area contributed by atoms with Crippen molar-refractivity contribution < 1.29 is 19.5 Å². The van der Waals surface area contributed by atoms with Gasteiger partial charge in [-0.15, -0.1) is 0 Å². The van der Waals surface area contributed by atoms with Crippen LogP contribution < -0.4 is 10.6 Å². The van der Waals surface area contributed by atoms with Gasteiger partial charge in [0.2, 0.25) is 5.91 Å². The van der Waals surface area contributed by atoms with Crippen LogP contribution in [-0.2, 0) is 16.0 Å². The number of carbonyl (C=O) groups excluding carboxylic acids is 2. The van der Waals surface area contributed by atoms with E-state index in [4.69, 9.17) is 5.11 Å². The molecule has 0 spiro atoms. The minimum absolute atomic E-state index is 0.0315. The van der Waals surface area contributed by atoms with Crippen LogP contribution in [-0.4, -0.2) is 28.8 Å². The van der Waals surface area contributed by atoms with Crippen molar-refractivity contribution in [2.24, 2.45) is 0 Å². The smallest absolute Gasteiger partial charge is 0.303 e. The molecule has 0 bridgehead atoms. The van der Waals surface area contributed by atoms with Gasteiger partial charge in [0, 0.05) is 36.2 Å². The summed E-state index contributed by atoms with van der Waals surface area (Å²) < 4.78 is 0. The summed E-state index contributed by atoms with van der Waals surface area (Å²) in [5, 5.41) is 15.1. The third-order valence-corrected chi connectivity index (χ3v) is 6.55. The largest absolute Gasteiger partial charge is 0.481 e. The number of aliphatic carboxylic acids is 1. The molecule has 39 heavy (non-hydrogen) atoms. The molecular weight excluding hydrogens is 488 g/mol. The topological polar surface area (TPSA) is 95.5 Å². The number of carboxylic acids is 1. The first-order valence-corrected chi connectivity index (χ1v) is 13.0. The first-order valence-electron chi connectivity index (χ1n) is 13.0. The molecule has 1 amide bonds. The molecule has 6 nitrogen and oxygen atoms in total. The standard InChI is InChI=1S/C33H32N2O4/c1-23-8-5-6-11-29(23)25-14-18-28(19-15-25)35-33(39)30(22-24-9-3-2-4-10-24)34-27-20-16-26(17-21-27)31(36)12-7-13-32(37)38/h2-6,8-11,14-21,30,34H,7,12-13,22H2,1H3,(H,35,39)(H,37,38)/t30-/m0/s1.